The highest BCUT2D eigenvalue weighted by molar-refractivity contribution is 7.09. The fourth-order valence-corrected chi connectivity index (χ4v) is 4.51. The summed E-state index contributed by atoms with van der Waals surface area (Å²) in [5, 5.41) is 7.46. The zero-order valence-electron chi connectivity index (χ0n) is 18.7. The lowest BCUT2D eigenvalue weighted by Gasteiger charge is -2.28. The van der Waals surface area contributed by atoms with E-state index < -0.39 is 29.1 Å². The number of amides is 1. The molecule has 1 aromatic heterocycles. The number of hydrogen-bond donors (Lipinski definition) is 2. The number of carbonyl (C=O) groups is 2. The van der Waals surface area contributed by atoms with Crippen LogP contribution in [0.1, 0.15) is 43.6 Å². The molecule has 0 radical (unpaired) electrons. The summed E-state index contributed by atoms with van der Waals surface area (Å²) < 4.78 is 24.8. The number of carbonyl (C=O) groups excluding carboxylic acids is 2. The van der Waals surface area contributed by atoms with E-state index >= 15 is 0 Å². The van der Waals surface area contributed by atoms with E-state index in [0.717, 1.165) is 5.56 Å². The summed E-state index contributed by atoms with van der Waals surface area (Å²) in [6.45, 7) is 9.41. The Morgan fingerprint density at radius 2 is 1.97 bits per heavy atom. The highest BCUT2D eigenvalue weighted by Gasteiger charge is 2.63. The predicted octanol–water partition coefficient (Wildman–Crippen LogP) is 3.89. The molecule has 3 atom stereocenters. The van der Waals surface area contributed by atoms with Crippen LogP contribution in [0.15, 0.2) is 54.2 Å². The molecule has 2 unspecified atom stereocenters. The number of benzene rings is 1. The molecule has 0 aliphatic heterocycles. The molecule has 0 spiro atoms. The van der Waals surface area contributed by atoms with E-state index in [-0.39, 0.29) is 24.0 Å². The molecule has 1 heterocycles. The Morgan fingerprint density at radius 1 is 1.28 bits per heavy atom. The van der Waals surface area contributed by atoms with E-state index in [1.54, 1.807) is 5.38 Å². The lowest BCUT2D eigenvalue weighted by molar-refractivity contribution is -0.146. The summed E-state index contributed by atoms with van der Waals surface area (Å²) in [6, 6.07) is 9.95. The van der Waals surface area contributed by atoms with Gasteiger partial charge in [-0.05, 0) is 50.8 Å². The molecule has 32 heavy (non-hydrogen) atoms. The van der Waals surface area contributed by atoms with E-state index in [1.165, 1.54) is 24.5 Å². The first-order valence-electron chi connectivity index (χ1n) is 10.4. The molecule has 0 saturated heterocycles. The number of ether oxygens (including phenoxy) is 2. The van der Waals surface area contributed by atoms with Gasteiger partial charge in [-0.1, -0.05) is 30.3 Å². The summed E-state index contributed by atoms with van der Waals surface area (Å²) in [5.41, 5.74) is -0.748. The predicted molar refractivity (Wildman–Crippen MR) is 122 cm³/mol. The van der Waals surface area contributed by atoms with E-state index in [1.807, 2.05) is 51.1 Å². The van der Waals surface area contributed by atoms with E-state index in [0.29, 0.717) is 11.3 Å². The average molecular weight is 461 g/mol. The summed E-state index contributed by atoms with van der Waals surface area (Å²) in [4.78, 5) is 26.4. The quantitative estimate of drug-likeness (QED) is 0.439. The number of nitrogens with one attached hydrogen (secondary N) is 2. The third-order valence-corrected chi connectivity index (χ3v) is 6.14. The van der Waals surface area contributed by atoms with Crippen LogP contribution in [-0.2, 0) is 25.5 Å². The standard InChI is InChI=1S/C24H29FN2O4S/c1-15(31-23(2,3)4)26-19(13-20-18(25)11-12-32-20)21(28)27-24(22(29)30-5)14-17(24)16-9-7-6-8-10-16/h6-12,17,19,26H,1,13-14H2,2-5H3,(H,27,28)/t17?,19?,24-/m1/s1. The van der Waals surface area contributed by atoms with Gasteiger partial charge in [-0.3, -0.25) is 4.79 Å². The zero-order chi connectivity index (χ0) is 23.5. The van der Waals surface area contributed by atoms with Crippen LogP contribution in [0.4, 0.5) is 4.39 Å². The van der Waals surface area contributed by atoms with Crippen molar-refractivity contribution in [3.63, 3.8) is 0 Å². The Labute approximate surface area is 191 Å². The third-order valence-electron chi connectivity index (χ3n) is 5.22. The Kier molecular flexibility index (Phi) is 6.93. The zero-order valence-corrected chi connectivity index (χ0v) is 19.6. The number of hydrogen-bond acceptors (Lipinski definition) is 6. The maximum atomic E-state index is 14.1. The fourth-order valence-electron chi connectivity index (χ4n) is 3.71. The van der Waals surface area contributed by atoms with Crippen molar-refractivity contribution in [3.05, 3.63) is 70.5 Å². The van der Waals surface area contributed by atoms with Crippen LogP contribution in [0.5, 0.6) is 0 Å². The summed E-state index contributed by atoms with van der Waals surface area (Å²) >= 11 is 1.22. The monoisotopic (exact) mass is 460 g/mol. The lowest BCUT2D eigenvalue weighted by Crippen LogP contribution is -2.53. The highest BCUT2D eigenvalue weighted by atomic mass is 32.1. The Bertz CT molecular complexity index is 985. The minimum absolute atomic E-state index is 0.0785. The van der Waals surface area contributed by atoms with Crippen LogP contribution in [0.25, 0.3) is 0 Å². The van der Waals surface area contributed by atoms with Crippen LogP contribution >= 0.6 is 11.3 Å². The molecular weight excluding hydrogens is 431 g/mol. The molecule has 172 valence electrons. The van der Waals surface area contributed by atoms with Gasteiger partial charge in [0, 0.05) is 17.2 Å². The summed E-state index contributed by atoms with van der Waals surface area (Å²) in [7, 11) is 1.30. The maximum Gasteiger partial charge on any atom is 0.332 e. The fraction of sp³-hybridized carbons (Fsp3) is 0.417. The van der Waals surface area contributed by atoms with Crippen molar-refractivity contribution in [2.75, 3.05) is 7.11 Å². The second-order valence-electron chi connectivity index (χ2n) is 8.85. The molecule has 8 heteroatoms. The molecule has 1 amide bonds. The van der Waals surface area contributed by atoms with Gasteiger partial charge in [0.15, 0.2) is 5.88 Å². The van der Waals surface area contributed by atoms with Crippen molar-refractivity contribution in [1.82, 2.24) is 10.6 Å². The van der Waals surface area contributed by atoms with Crippen LogP contribution in [0.3, 0.4) is 0 Å². The minimum atomic E-state index is -1.16. The summed E-state index contributed by atoms with van der Waals surface area (Å²) in [5.74, 6) is -1.36. The van der Waals surface area contributed by atoms with Gasteiger partial charge in [-0.25, -0.2) is 9.18 Å². The second-order valence-corrected chi connectivity index (χ2v) is 9.85. The number of halogens is 1. The second kappa shape index (κ2) is 9.32. The van der Waals surface area contributed by atoms with Gasteiger partial charge in [0.2, 0.25) is 5.91 Å². The van der Waals surface area contributed by atoms with Gasteiger partial charge in [0.05, 0.1) is 7.11 Å². The Balaban J connectivity index is 1.81. The Hall–Kier alpha value is -2.87. The van der Waals surface area contributed by atoms with Crippen LogP contribution < -0.4 is 10.6 Å². The highest BCUT2D eigenvalue weighted by Crippen LogP contribution is 2.52. The van der Waals surface area contributed by atoms with Crippen LogP contribution in [0, 0.1) is 5.82 Å². The largest absolute Gasteiger partial charge is 0.474 e. The van der Waals surface area contributed by atoms with Crippen molar-refractivity contribution >= 4 is 23.2 Å². The van der Waals surface area contributed by atoms with Crippen molar-refractivity contribution in [1.29, 1.82) is 0 Å². The van der Waals surface area contributed by atoms with Gasteiger partial charge in [0.1, 0.15) is 23.0 Å². The molecule has 3 rings (SSSR count). The molecule has 2 aromatic rings. The molecule has 0 bridgehead atoms. The van der Waals surface area contributed by atoms with Crippen molar-refractivity contribution in [2.45, 2.75) is 56.7 Å². The molecule has 2 N–H and O–H groups in total. The maximum absolute atomic E-state index is 14.1. The van der Waals surface area contributed by atoms with Gasteiger partial charge in [0.25, 0.3) is 0 Å². The first-order valence-corrected chi connectivity index (χ1v) is 11.3. The molecular formula is C24H29FN2O4S. The summed E-state index contributed by atoms with van der Waals surface area (Å²) in [6.07, 6.45) is 0.504. The van der Waals surface area contributed by atoms with Gasteiger partial charge in [-0.15, -0.1) is 11.3 Å². The molecule has 1 fully saturated rings. The van der Waals surface area contributed by atoms with Crippen molar-refractivity contribution in [3.8, 4) is 0 Å². The topological polar surface area (TPSA) is 76.7 Å². The molecule has 1 saturated carbocycles. The lowest BCUT2D eigenvalue weighted by atomic mass is 10.0. The third kappa shape index (κ3) is 5.48. The van der Waals surface area contributed by atoms with E-state index in [4.69, 9.17) is 9.47 Å². The Morgan fingerprint density at radius 3 is 2.53 bits per heavy atom. The molecule has 1 aliphatic carbocycles. The first-order chi connectivity index (χ1) is 15.1. The SMILES string of the molecule is C=C(NC(Cc1sccc1F)C(=O)N[C@]1(C(=O)OC)CC1c1ccccc1)OC(C)(C)C. The number of thiophene rings is 1. The van der Waals surface area contributed by atoms with Gasteiger partial charge >= 0.3 is 5.97 Å². The smallest absolute Gasteiger partial charge is 0.332 e. The number of methoxy groups -OCH3 is 1. The van der Waals surface area contributed by atoms with Gasteiger partial charge < -0.3 is 20.1 Å². The normalized spacial score (nSPS) is 20.7. The van der Waals surface area contributed by atoms with E-state index in [9.17, 15) is 14.0 Å². The molecule has 1 aromatic carbocycles. The van der Waals surface area contributed by atoms with Gasteiger partial charge in [-0.2, -0.15) is 0 Å². The van der Waals surface area contributed by atoms with Crippen LogP contribution in [0.2, 0.25) is 0 Å². The van der Waals surface area contributed by atoms with Crippen LogP contribution in [-0.4, -0.2) is 36.2 Å². The minimum Gasteiger partial charge on any atom is -0.474 e. The first kappa shape index (κ1) is 23.8. The van der Waals surface area contributed by atoms with E-state index in [2.05, 4.69) is 17.2 Å². The molecule has 6 nitrogen and oxygen atoms in total. The average Bonchev–Trinajstić information content (AvgIpc) is 3.32. The van der Waals surface area contributed by atoms with Crippen molar-refractivity contribution < 1.29 is 23.5 Å². The number of rotatable bonds is 9. The van der Waals surface area contributed by atoms with Crippen molar-refractivity contribution in [2.24, 2.45) is 0 Å². The number of esters is 1. The molecule has 1 aliphatic rings.